The number of para-hydroxylation sites is 1. The van der Waals surface area contributed by atoms with Gasteiger partial charge in [0.15, 0.2) is 0 Å². The molecule has 0 saturated carbocycles. The Labute approximate surface area is 271 Å². The predicted molar refractivity (Wildman–Crippen MR) is 198 cm³/mol. The normalized spacial score (nSPS) is 11.8. The van der Waals surface area contributed by atoms with Crippen LogP contribution in [0.2, 0.25) is 0 Å². The summed E-state index contributed by atoms with van der Waals surface area (Å²) in [6.45, 7) is 0. The average Bonchev–Trinajstić information content (AvgIpc) is 3.52. The molecule has 0 aliphatic heterocycles. The lowest BCUT2D eigenvalue weighted by Crippen LogP contribution is -1.90. The highest BCUT2D eigenvalue weighted by molar-refractivity contribution is 6.26. The van der Waals surface area contributed by atoms with Gasteiger partial charge < -0.3 is 4.42 Å². The van der Waals surface area contributed by atoms with Crippen LogP contribution in [-0.2, 0) is 0 Å². The van der Waals surface area contributed by atoms with Gasteiger partial charge in [-0.25, -0.2) is 4.98 Å². The highest BCUT2D eigenvalue weighted by Gasteiger charge is 2.20. The fraction of sp³-hybridized carbons (Fsp3) is 0. The van der Waals surface area contributed by atoms with Crippen LogP contribution in [0.5, 0.6) is 0 Å². The lowest BCUT2D eigenvalue weighted by molar-refractivity contribution is 0.673. The van der Waals surface area contributed by atoms with Gasteiger partial charge in [0.2, 0.25) is 0 Å². The number of furan rings is 1. The molecule has 2 nitrogen and oxygen atoms in total. The summed E-state index contributed by atoms with van der Waals surface area (Å²) in [4.78, 5) is 5.13. The number of nitrogens with zero attached hydrogens (tertiary/aromatic N) is 1. The Morgan fingerprint density at radius 2 is 0.894 bits per heavy atom. The summed E-state index contributed by atoms with van der Waals surface area (Å²) < 4.78 is 6.78. The second kappa shape index (κ2) is 10.1. The molecule has 0 fully saturated rings. The Balaban J connectivity index is 1.28. The summed E-state index contributed by atoms with van der Waals surface area (Å²) >= 11 is 0. The first-order valence-corrected chi connectivity index (χ1v) is 16.1. The largest absolute Gasteiger partial charge is 0.455 e. The highest BCUT2D eigenvalue weighted by atomic mass is 16.3. The second-order valence-electron chi connectivity index (χ2n) is 12.2. The maximum Gasteiger partial charge on any atom is 0.144 e. The minimum absolute atomic E-state index is 0.882. The lowest BCUT2D eigenvalue weighted by Gasteiger charge is -2.17. The third kappa shape index (κ3) is 3.89. The predicted octanol–water partition coefficient (Wildman–Crippen LogP) is 12.6. The smallest absolute Gasteiger partial charge is 0.144 e. The van der Waals surface area contributed by atoms with E-state index in [9.17, 15) is 0 Å². The molecule has 2 heterocycles. The van der Waals surface area contributed by atoms with Gasteiger partial charge >= 0.3 is 0 Å². The molecule has 0 atom stereocenters. The van der Waals surface area contributed by atoms with Crippen molar-refractivity contribution >= 4 is 65.2 Å². The zero-order valence-electron chi connectivity index (χ0n) is 25.4. The Bertz CT molecular complexity index is 2770. The Kier molecular flexibility index (Phi) is 5.61. The zero-order valence-corrected chi connectivity index (χ0v) is 25.4. The van der Waals surface area contributed by atoms with Crippen LogP contribution in [0.4, 0.5) is 0 Å². The summed E-state index contributed by atoms with van der Waals surface area (Å²) in [6.07, 6.45) is 0. The molecule has 0 aliphatic rings. The summed E-state index contributed by atoms with van der Waals surface area (Å²) in [6, 6.07) is 58.3. The molecule has 47 heavy (non-hydrogen) atoms. The fourth-order valence-electron chi connectivity index (χ4n) is 7.59. The molecule has 0 saturated heterocycles. The van der Waals surface area contributed by atoms with E-state index in [1.54, 1.807) is 0 Å². The number of fused-ring (bicyclic) bond motifs is 9. The molecule has 218 valence electrons. The molecule has 8 aromatic carbocycles. The summed E-state index contributed by atoms with van der Waals surface area (Å²) in [5.41, 5.74) is 9.74. The number of hydrogen-bond acceptors (Lipinski definition) is 2. The molecule has 0 bridgehead atoms. The van der Waals surface area contributed by atoms with E-state index in [1.165, 1.54) is 43.8 Å². The average molecular weight is 598 g/mol. The molecule has 0 N–H and O–H groups in total. The molecule has 0 unspecified atom stereocenters. The minimum atomic E-state index is 0.882. The van der Waals surface area contributed by atoms with Crippen LogP contribution >= 0.6 is 0 Å². The van der Waals surface area contributed by atoms with E-state index in [0.29, 0.717) is 0 Å². The van der Waals surface area contributed by atoms with Gasteiger partial charge in [-0.2, -0.15) is 0 Å². The minimum Gasteiger partial charge on any atom is -0.455 e. The molecular weight excluding hydrogens is 571 g/mol. The molecular formula is C45H27NO. The van der Waals surface area contributed by atoms with Gasteiger partial charge in [-0.15, -0.1) is 0 Å². The van der Waals surface area contributed by atoms with Gasteiger partial charge in [0, 0.05) is 32.5 Å². The molecule has 2 heteroatoms. The molecule has 2 aromatic heterocycles. The van der Waals surface area contributed by atoms with Gasteiger partial charge in [-0.3, -0.25) is 0 Å². The number of rotatable bonds is 3. The molecule has 10 aromatic rings. The van der Waals surface area contributed by atoms with Crippen molar-refractivity contribution in [3.8, 4) is 33.5 Å². The van der Waals surface area contributed by atoms with Crippen LogP contribution in [0, 0.1) is 0 Å². The van der Waals surface area contributed by atoms with Gasteiger partial charge in [0.05, 0.1) is 11.2 Å². The van der Waals surface area contributed by atoms with E-state index in [0.717, 1.165) is 54.9 Å². The van der Waals surface area contributed by atoms with Crippen LogP contribution in [0.15, 0.2) is 168 Å². The monoisotopic (exact) mass is 597 g/mol. The van der Waals surface area contributed by atoms with E-state index < -0.39 is 0 Å². The van der Waals surface area contributed by atoms with Crippen molar-refractivity contribution in [2.24, 2.45) is 0 Å². The van der Waals surface area contributed by atoms with Gasteiger partial charge in [0.25, 0.3) is 0 Å². The van der Waals surface area contributed by atoms with Crippen molar-refractivity contribution in [1.82, 2.24) is 4.98 Å². The number of hydrogen-bond donors (Lipinski definition) is 0. The van der Waals surface area contributed by atoms with Crippen LogP contribution in [0.1, 0.15) is 0 Å². The standard InChI is InChI=1S/C45H27NO/c1-3-13-28(14-4-1)41-31-17-7-9-19-33(31)42(34-20-10-8-18-32(34)41)30-23-26-40-38(27-30)35-24-25-37-43(45(35)47-40)36-21-11-12-22-39(36)46-44(37)29-15-5-2-6-16-29/h1-27H. The number of pyridine rings is 1. The van der Waals surface area contributed by atoms with Crippen molar-refractivity contribution in [3.63, 3.8) is 0 Å². The fourth-order valence-corrected chi connectivity index (χ4v) is 7.59. The second-order valence-corrected chi connectivity index (χ2v) is 12.2. The van der Waals surface area contributed by atoms with Crippen molar-refractivity contribution in [3.05, 3.63) is 164 Å². The van der Waals surface area contributed by atoms with Gasteiger partial charge in [-0.05, 0) is 68.1 Å². The van der Waals surface area contributed by atoms with E-state index in [1.807, 2.05) is 6.07 Å². The molecule has 0 spiro atoms. The maximum absolute atomic E-state index is 6.78. The Hall–Kier alpha value is -6.25. The summed E-state index contributed by atoms with van der Waals surface area (Å²) in [7, 11) is 0. The van der Waals surface area contributed by atoms with Gasteiger partial charge in [0.1, 0.15) is 11.2 Å². The topological polar surface area (TPSA) is 26.0 Å². The SMILES string of the molecule is c1ccc(-c2c3ccccc3c(-c3ccc4oc5c(ccc6c(-c7ccccc7)nc7ccccc7c65)c4c3)c3ccccc23)cc1. The molecule has 0 amide bonds. The quantitative estimate of drug-likeness (QED) is 0.150. The van der Waals surface area contributed by atoms with Crippen molar-refractivity contribution < 1.29 is 4.42 Å². The van der Waals surface area contributed by atoms with E-state index >= 15 is 0 Å². The molecule has 0 radical (unpaired) electrons. The van der Waals surface area contributed by atoms with E-state index in [-0.39, 0.29) is 0 Å². The number of aromatic nitrogens is 1. The molecule has 10 rings (SSSR count). The number of benzene rings is 8. The van der Waals surface area contributed by atoms with Crippen LogP contribution in [0.25, 0.3) is 98.7 Å². The summed E-state index contributed by atoms with van der Waals surface area (Å²) in [5, 5.41) is 10.5. The highest BCUT2D eigenvalue weighted by Crippen LogP contribution is 2.46. The summed E-state index contributed by atoms with van der Waals surface area (Å²) in [5.74, 6) is 0. The first-order valence-electron chi connectivity index (χ1n) is 16.1. The molecule has 0 aliphatic carbocycles. The lowest BCUT2D eigenvalue weighted by atomic mass is 9.86. The van der Waals surface area contributed by atoms with Gasteiger partial charge in [-0.1, -0.05) is 140 Å². The van der Waals surface area contributed by atoms with E-state index in [2.05, 4.69) is 158 Å². The first-order chi connectivity index (χ1) is 23.3. The van der Waals surface area contributed by atoms with E-state index in [4.69, 9.17) is 9.40 Å². The van der Waals surface area contributed by atoms with Crippen molar-refractivity contribution in [2.75, 3.05) is 0 Å². The Morgan fingerprint density at radius 1 is 0.362 bits per heavy atom. The van der Waals surface area contributed by atoms with Crippen LogP contribution in [0.3, 0.4) is 0 Å². The first kappa shape index (κ1) is 26.0. The third-order valence-electron chi connectivity index (χ3n) is 9.63. The van der Waals surface area contributed by atoms with Crippen LogP contribution < -0.4 is 0 Å². The Morgan fingerprint density at radius 3 is 1.55 bits per heavy atom. The third-order valence-corrected chi connectivity index (χ3v) is 9.63. The zero-order chi connectivity index (χ0) is 30.9. The van der Waals surface area contributed by atoms with Crippen molar-refractivity contribution in [1.29, 1.82) is 0 Å². The van der Waals surface area contributed by atoms with Crippen LogP contribution in [-0.4, -0.2) is 4.98 Å². The maximum atomic E-state index is 6.78. The van der Waals surface area contributed by atoms with Crippen molar-refractivity contribution in [2.45, 2.75) is 0 Å².